The molecular weight excluding hydrogens is 345 g/mol. The van der Waals surface area contributed by atoms with E-state index in [9.17, 15) is 14.0 Å². The first-order valence-electron chi connectivity index (χ1n) is 7.98. The van der Waals surface area contributed by atoms with Crippen LogP contribution in [0, 0.1) is 11.7 Å². The molecule has 3 amide bonds. The number of amides is 3. The van der Waals surface area contributed by atoms with Gasteiger partial charge < -0.3 is 11.1 Å². The van der Waals surface area contributed by atoms with Crippen molar-refractivity contribution in [1.29, 1.82) is 0 Å². The van der Waals surface area contributed by atoms with E-state index >= 15 is 0 Å². The van der Waals surface area contributed by atoms with Crippen LogP contribution >= 0.6 is 11.8 Å². The number of rotatable bonds is 1. The number of benzene rings is 1. The maximum absolute atomic E-state index is 12.8. The van der Waals surface area contributed by atoms with E-state index in [1.54, 1.807) is 0 Å². The van der Waals surface area contributed by atoms with E-state index in [0.29, 0.717) is 5.69 Å². The normalized spacial score (nSPS) is 23.5. The summed E-state index contributed by atoms with van der Waals surface area (Å²) in [4.78, 5) is 31.9. The van der Waals surface area contributed by atoms with Gasteiger partial charge in [-0.1, -0.05) is 24.6 Å². The zero-order chi connectivity index (χ0) is 17.8. The molecule has 3 rings (SSSR count). The Morgan fingerprint density at radius 1 is 1.28 bits per heavy atom. The molecule has 0 spiro atoms. The van der Waals surface area contributed by atoms with Gasteiger partial charge in [0, 0.05) is 10.9 Å². The molecule has 1 aliphatic heterocycles. The Morgan fingerprint density at radius 3 is 2.76 bits per heavy atom. The molecule has 0 saturated heterocycles. The van der Waals surface area contributed by atoms with Crippen LogP contribution in [0.3, 0.4) is 0 Å². The number of nitrogens with zero attached hydrogens (tertiary/aromatic N) is 2. The van der Waals surface area contributed by atoms with E-state index in [0.717, 1.165) is 25.7 Å². The number of nitrogens with two attached hydrogens (primary N) is 1. The Balaban J connectivity index is 1.60. The van der Waals surface area contributed by atoms with Crippen LogP contribution in [-0.4, -0.2) is 28.3 Å². The molecule has 1 aliphatic carbocycles. The summed E-state index contributed by atoms with van der Waals surface area (Å²) in [7, 11) is 0. The molecule has 132 valence electrons. The summed E-state index contributed by atoms with van der Waals surface area (Å²) in [6.45, 7) is 0. The third-order valence-electron chi connectivity index (χ3n) is 4.04. The minimum atomic E-state index is -0.615. The monoisotopic (exact) mass is 363 g/mol. The topological polar surface area (TPSA) is 109 Å². The van der Waals surface area contributed by atoms with E-state index in [2.05, 4.69) is 20.6 Å². The predicted molar refractivity (Wildman–Crippen MR) is 96.0 cm³/mol. The van der Waals surface area contributed by atoms with Crippen LogP contribution in [0.15, 0.2) is 34.3 Å². The van der Waals surface area contributed by atoms with E-state index in [4.69, 9.17) is 5.73 Å². The van der Waals surface area contributed by atoms with E-state index in [1.807, 2.05) is 0 Å². The molecule has 0 radical (unpaired) electrons. The van der Waals surface area contributed by atoms with E-state index in [1.165, 1.54) is 36.0 Å². The first-order valence-corrected chi connectivity index (χ1v) is 8.86. The number of urea groups is 1. The second kappa shape index (κ2) is 7.64. The SMILES string of the molecule is N/C(=N\C1=NC(=O)C2CCCCC2S1)NC(=O)Nc1ccc(F)cc1. The number of hydrogen-bond acceptors (Lipinski definition) is 4. The van der Waals surface area contributed by atoms with Gasteiger partial charge in [-0.2, -0.15) is 9.98 Å². The summed E-state index contributed by atoms with van der Waals surface area (Å²) < 4.78 is 12.8. The van der Waals surface area contributed by atoms with Crippen molar-refractivity contribution >= 4 is 40.5 Å². The van der Waals surface area contributed by atoms with Crippen molar-refractivity contribution in [3.05, 3.63) is 30.1 Å². The van der Waals surface area contributed by atoms with Crippen LogP contribution in [0.25, 0.3) is 0 Å². The predicted octanol–water partition coefficient (Wildman–Crippen LogP) is 2.45. The molecule has 1 saturated carbocycles. The van der Waals surface area contributed by atoms with Gasteiger partial charge in [-0.25, -0.2) is 9.18 Å². The maximum Gasteiger partial charge on any atom is 0.325 e. The molecule has 2 aliphatic rings. The maximum atomic E-state index is 12.8. The molecule has 1 heterocycles. The molecule has 25 heavy (non-hydrogen) atoms. The number of thioether (sulfide) groups is 1. The van der Waals surface area contributed by atoms with Gasteiger partial charge in [-0.15, -0.1) is 0 Å². The number of amidine groups is 1. The summed E-state index contributed by atoms with van der Waals surface area (Å²) in [6.07, 6.45) is 3.96. The highest BCUT2D eigenvalue weighted by atomic mass is 32.2. The van der Waals surface area contributed by atoms with E-state index < -0.39 is 11.8 Å². The van der Waals surface area contributed by atoms with Crippen molar-refractivity contribution in [3.8, 4) is 0 Å². The number of guanidine groups is 1. The highest BCUT2D eigenvalue weighted by molar-refractivity contribution is 8.14. The molecule has 0 aromatic heterocycles. The molecule has 0 bridgehead atoms. The number of aliphatic imine (C=N–C) groups is 2. The van der Waals surface area contributed by atoms with Crippen LogP contribution in [0.1, 0.15) is 25.7 Å². The molecule has 1 fully saturated rings. The average molecular weight is 363 g/mol. The molecule has 2 atom stereocenters. The van der Waals surface area contributed by atoms with E-state index in [-0.39, 0.29) is 28.2 Å². The van der Waals surface area contributed by atoms with Crippen molar-refractivity contribution < 1.29 is 14.0 Å². The van der Waals surface area contributed by atoms with Crippen molar-refractivity contribution in [3.63, 3.8) is 0 Å². The number of carbonyl (C=O) groups is 2. The number of fused-ring (bicyclic) bond motifs is 1. The second-order valence-corrected chi connectivity index (χ2v) is 7.07. The minimum absolute atomic E-state index is 0.0336. The Morgan fingerprint density at radius 2 is 2.00 bits per heavy atom. The Hall–Kier alpha value is -2.42. The summed E-state index contributed by atoms with van der Waals surface area (Å²) in [6, 6.07) is 4.69. The van der Waals surface area contributed by atoms with Gasteiger partial charge in [0.15, 0.2) is 5.17 Å². The van der Waals surface area contributed by atoms with Crippen molar-refractivity contribution in [2.24, 2.45) is 21.6 Å². The van der Waals surface area contributed by atoms with Crippen LogP contribution < -0.4 is 16.4 Å². The van der Waals surface area contributed by atoms with Crippen LogP contribution in [0.4, 0.5) is 14.9 Å². The quantitative estimate of drug-likeness (QED) is 0.526. The van der Waals surface area contributed by atoms with Gasteiger partial charge in [-0.05, 0) is 37.1 Å². The number of halogens is 1. The number of carbonyl (C=O) groups excluding carboxylic acids is 2. The third kappa shape index (κ3) is 4.56. The largest absolute Gasteiger partial charge is 0.369 e. The lowest BCUT2D eigenvalue weighted by Gasteiger charge is -2.31. The van der Waals surface area contributed by atoms with Gasteiger partial charge in [-0.3, -0.25) is 10.1 Å². The third-order valence-corrected chi connectivity index (χ3v) is 5.30. The second-order valence-electron chi connectivity index (χ2n) is 5.86. The van der Waals surface area contributed by atoms with Gasteiger partial charge in [0.2, 0.25) is 5.96 Å². The lowest BCUT2D eigenvalue weighted by atomic mass is 9.88. The molecule has 2 unspecified atom stereocenters. The van der Waals surface area contributed by atoms with Gasteiger partial charge in [0.1, 0.15) is 5.82 Å². The zero-order valence-corrected chi connectivity index (χ0v) is 14.2. The van der Waals surface area contributed by atoms with Crippen LogP contribution in [0.5, 0.6) is 0 Å². The highest BCUT2D eigenvalue weighted by Crippen LogP contribution is 2.38. The zero-order valence-electron chi connectivity index (χ0n) is 13.4. The Bertz CT molecular complexity index is 735. The smallest absolute Gasteiger partial charge is 0.325 e. The molecule has 4 N–H and O–H groups in total. The molecule has 1 aromatic carbocycles. The first kappa shape index (κ1) is 17.4. The molecule has 7 nitrogen and oxygen atoms in total. The fourth-order valence-corrected chi connectivity index (χ4v) is 4.12. The summed E-state index contributed by atoms with van der Waals surface area (Å²) in [5.41, 5.74) is 6.12. The van der Waals surface area contributed by atoms with Crippen molar-refractivity contribution in [1.82, 2.24) is 5.32 Å². The minimum Gasteiger partial charge on any atom is -0.369 e. The summed E-state index contributed by atoms with van der Waals surface area (Å²) in [5, 5.41) is 5.31. The first-order chi connectivity index (χ1) is 12.0. The van der Waals surface area contributed by atoms with Gasteiger partial charge >= 0.3 is 6.03 Å². The summed E-state index contributed by atoms with van der Waals surface area (Å²) >= 11 is 1.43. The lowest BCUT2D eigenvalue weighted by Crippen LogP contribution is -2.40. The fourth-order valence-electron chi connectivity index (χ4n) is 2.85. The standard InChI is InChI=1S/C16H18FN5O2S/c17-9-5-7-10(8-6-9)19-15(24)21-14(18)22-16-20-13(23)11-3-1-2-4-12(11)25-16/h5-8,11-12H,1-4H2,(H4,18,19,20,21,22,23,24). The average Bonchev–Trinajstić information content (AvgIpc) is 2.57. The Labute approximate surface area is 148 Å². The van der Waals surface area contributed by atoms with Gasteiger partial charge in [0.05, 0.1) is 5.92 Å². The summed E-state index contributed by atoms with van der Waals surface area (Å²) in [5.74, 6) is -0.752. The van der Waals surface area contributed by atoms with Crippen molar-refractivity contribution in [2.45, 2.75) is 30.9 Å². The molecule has 9 heteroatoms. The Kier molecular flexibility index (Phi) is 5.32. The van der Waals surface area contributed by atoms with Gasteiger partial charge in [0.25, 0.3) is 5.91 Å². The highest BCUT2D eigenvalue weighted by Gasteiger charge is 2.36. The number of hydrogen-bond donors (Lipinski definition) is 3. The van der Waals surface area contributed by atoms with Crippen molar-refractivity contribution in [2.75, 3.05) is 5.32 Å². The number of anilines is 1. The molecule has 1 aromatic rings. The number of nitrogens with one attached hydrogen (secondary N) is 2. The molecular formula is C16H18FN5O2S. The fraction of sp³-hybridized carbons (Fsp3) is 0.375. The van der Waals surface area contributed by atoms with Crippen LogP contribution in [0.2, 0.25) is 0 Å². The lowest BCUT2D eigenvalue weighted by molar-refractivity contribution is -0.122. The van der Waals surface area contributed by atoms with Crippen LogP contribution in [-0.2, 0) is 4.79 Å².